The van der Waals surface area contributed by atoms with Crippen LogP contribution in [0.2, 0.25) is 0 Å². The van der Waals surface area contributed by atoms with Crippen LogP contribution in [0.5, 0.6) is 0 Å². The molecule has 0 radical (unpaired) electrons. The minimum Gasteiger partial charge on any atom is -0.393 e. The van der Waals surface area contributed by atoms with Gasteiger partial charge in [0, 0.05) is 6.54 Å². The number of aliphatic hydroxyl groups is 1. The van der Waals surface area contributed by atoms with Gasteiger partial charge in [-0.3, -0.25) is 4.79 Å². The number of hydrogen-bond acceptors (Lipinski definition) is 2. The predicted octanol–water partition coefficient (Wildman–Crippen LogP) is 2.60. The topological polar surface area (TPSA) is 49.3 Å². The van der Waals surface area contributed by atoms with E-state index >= 15 is 0 Å². The van der Waals surface area contributed by atoms with Crippen LogP contribution in [-0.2, 0) is 6.18 Å². The Kier molecular flexibility index (Phi) is 4.32. The van der Waals surface area contributed by atoms with E-state index in [4.69, 9.17) is 0 Å². The summed E-state index contributed by atoms with van der Waals surface area (Å²) >= 11 is 0. The van der Waals surface area contributed by atoms with E-state index in [1.807, 2.05) is 0 Å². The Morgan fingerprint density at radius 1 is 1.35 bits per heavy atom. The lowest BCUT2D eigenvalue weighted by molar-refractivity contribution is -0.137. The number of aliphatic hydroxyl groups excluding tert-OH is 1. The molecule has 1 aromatic carbocycles. The van der Waals surface area contributed by atoms with Crippen LogP contribution in [0.4, 0.5) is 13.2 Å². The SMILES string of the molecule is O=C(NCCC(O)C1CC1)c1ccccc1C(F)(F)F. The summed E-state index contributed by atoms with van der Waals surface area (Å²) in [4.78, 5) is 11.8. The highest BCUT2D eigenvalue weighted by molar-refractivity contribution is 5.95. The Morgan fingerprint density at radius 2 is 2.00 bits per heavy atom. The zero-order chi connectivity index (χ0) is 14.8. The van der Waals surface area contributed by atoms with Gasteiger partial charge in [0.15, 0.2) is 0 Å². The zero-order valence-electron chi connectivity index (χ0n) is 10.8. The molecule has 1 amide bonds. The monoisotopic (exact) mass is 287 g/mol. The van der Waals surface area contributed by atoms with Crippen LogP contribution in [0, 0.1) is 5.92 Å². The molecule has 0 saturated heterocycles. The van der Waals surface area contributed by atoms with Gasteiger partial charge in [-0.1, -0.05) is 12.1 Å². The highest BCUT2D eigenvalue weighted by Crippen LogP contribution is 2.34. The lowest BCUT2D eigenvalue weighted by Gasteiger charge is -2.13. The lowest BCUT2D eigenvalue weighted by atomic mass is 10.1. The Labute approximate surface area is 114 Å². The van der Waals surface area contributed by atoms with E-state index in [1.54, 1.807) is 0 Å². The summed E-state index contributed by atoms with van der Waals surface area (Å²) in [5, 5.41) is 12.1. The molecule has 6 heteroatoms. The second-order valence-electron chi connectivity index (χ2n) is 4.99. The van der Waals surface area contributed by atoms with Crippen LogP contribution in [0.3, 0.4) is 0 Å². The molecule has 1 fully saturated rings. The number of halogens is 3. The zero-order valence-corrected chi connectivity index (χ0v) is 10.8. The fourth-order valence-corrected chi connectivity index (χ4v) is 2.07. The number of benzene rings is 1. The summed E-state index contributed by atoms with van der Waals surface area (Å²) in [5.74, 6) is -0.477. The van der Waals surface area contributed by atoms with E-state index in [2.05, 4.69) is 5.32 Å². The van der Waals surface area contributed by atoms with Crippen LogP contribution in [-0.4, -0.2) is 23.7 Å². The minimum absolute atomic E-state index is 0.169. The van der Waals surface area contributed by atoms with Crippen molar-refractivity contribution in [3.8, 4) is 0 Å². The van der Waals surface area contributed by atoms with E-state index < -0.39 is 23.8 Å². The minimum atomic E-state index is -4.55. The maximum absolute atomic E-state index is 12.8. The van der Waals surface area contributed by atoms with Gasteiger partial charge in [0.05, 0.1) is 17.2 Å². The van der Waals surface area contributed by atoms with Crippen molar-refractivity contribution in [2.24, 2.45) is 5.92 Å². The fourth-order valence-electron chi connectivity index (χ4n) is 2.07. The summed E-state index contributed by atoms with van der Waals surface area (Å²) in [7, 11) is 0. The van der Waals surface area contributed by atoms with E-state index in [0.717, 1.165) is 25.0 Å². The third-order valence-corrected chi connectivity index (χ3v) is 3.37. The third kappa shape index (κ3) is 3.72. The summed E-state index contributed by atoms with van der Waals surface area (Å²) in [5.41, 5.74) is -1.33. The molecule has 0 aliphatic heterocycles. The second kappa shape index (κ2) is 5.83. The maximum Gasteiger partial charge on any atom is 0.417 e. The van der Waals surface area contributed by atoms with Crippen molar-refractivity contribution < 1.29 is 23.1 Å². The first kappa shape index (κ1) is 14.8. The van der Waals surface area contributed by atoms with E-state index in [9.17, 15) is 23.1 Å². The summed E-state index contributed by atoms with van der Waals surface area (Å²) in [6.45, 7) is 0.169. The number of carbonyl (C=O) groups is 1. The Balaban J connectivity index is 1.95. The predicted molar refractivity (Wildman–Crippen MR) is 67.1 cm³/mol. The highest BCUT2D eigenvalue weighted by atomic mass is 19.4. The number of carbonyl (C=O) groups excluding carboxylic acids is 1. The standard InChI is InChI=1S/C14H16F3NO2/c15-14(16,17)11-4-2-1-3-10(11)13(20)18-8-7-12(19)9-5-6-9/h1-4,9,12,19H,5-8H2,(H,18,20). The van der Waals surface area contributed by atoms with Crippen LogP contribution >= 0.6 is 0 Å². The molecule has 1 aliphatic rings. The van der Waals surface area contributed by atoms with Gasteiger partial charge in [-0.2, -0.15) is 13.2 Å². The van der Waals surface area contributed by atoms with E-state index in [-0.39, 0.29) is 18.0 Å². The van der Waals surface area contributed by atoms with Gasteiger partial charge >= 0.3 is 6.18 Å². The van der Waals surface area contributed by atoms with Crippen molar-refractivity contribution in [1.29, 1.82) is 0 Å². The van der Waals surface area contributed by atoms with Crippen molar-refractivity contribution in [2.75, 3.05) is 6.54 Å². The van der Waals surface area contributed by atoms with Gasteiger partial charge in [0.2, 0.25) is 0 Å². The number of rotatable bonds is 5. The van der Waals surface area contributed by atoms with Crippen LogP contribution in [0.1, 0.15) is 35.2 Å². The quantitative estimate of drug-likeness (QED) is 0.874. The average molecular weight is 287 g/mol. The van der Waals surface area contributed by atoms with Crippen molar-refractivity contribution in [3.63, 3.8) is 0 Å². The molecule has 1 unspecified atom stereocenters. The molecule has 3 nitrogen and oxygen atoms in total. The molecular formula is C14H16F3NO2. The first-order chi connectivity index (χ1) is 9.39. The summed E-state index contributed by atoms with van der Waals surface area (Å²) < 4.78 is 38.3. The smallest absolute Gasteiger partial charge is 0.393 e. The molecule has 0 aromatic heterocycles. The van der Waals surface area contributed by atoms with Gasteiger partial charge in [0.1, 0.15) is 0 Å². The molecule has 2 N–H and O–H groups in total. The molecular weight excluding hydrogens is 271 g/mol. The van der Waals surface area contributed by atoms with Crippen molar-refractivity contribution in [1.82, 2.24) is 5.32 Å². The van der Waals surface area contributed by atoms with Crippen LogP contribution in [0.15, 0.2) is 24.3 Å². The largest absolute Gasteiger partial charge is 0.417 e. The number of hydrogen-bond donors (Lipinski definition) is 2. The fraction of sp³-hybridized carbons (Fsp3) is 0.500. The molecule has 1 saturated carbocycles. The number of alkyl halides is 3. The Bertz CT molecular complexity index is 484. The van der Waals surface area contributed by atoms with Gasteiger partial charge in [-0.15, -0.1) is 0 Å². The summed E-state index contributed by atoms with van der Waals surface area (Å²) in [6, 6.07) is 4.67. The molecule has 20 heavy (non-hydrogen) atoms. The van der Waals surface area contributed by atoms with Crippen LogP contribution < -0.4 is 5.32 Å². The molecule has 1 aromatic rings. The molecule has 0 heterocycles. The molecule has 1 aliphatic carbocycles. The highest BCUT2D eigenvalue weighted by Gasteiger charge is 2.35. The lowest BCUT2D eigenvalue weighted by Crippen LogP contribution is -2.29. The average Bonchev–Trinajstić information content (AvgIpc) is 3.21. The van der Waals surface area contributed by atoms with Crippen molar-refractivity contribution in [2.45, 2.75) is 31.5 Å². The molecule has 2 rings (SSSR count). The number of nitrogens with one attached hydrogen (secondary N) is 1. The Morgan fingerprint density at radius 3 is 2.60 bits per heavy atom. The molecule has 0 spiro atoms. The van der Waals surface area contributed by atoms with Gasteiger partial charge < -0.3 is 10.4 Å². The van der Waals surface area contributed by atoms with E-state index in [0.29, 0.717) is 6.42 Å². The van der Waals surface area contributed by atoms with Crippen molar-refractivity contribution >= 4 is 5.91 Å². The first-order valence-electron chi connectivity index (χ1n) is 6.52. The van der Waals surface area contributed by atoms with E-state index in [1.165, 1.54) is 12.1 Å². The van der Waals surface area contributed by atoms with Crippen LogP contribution in [0.25, 0.3) is 0 Å². The molecule has 110 valence electrons. The number of amides is 1. The van der Waals surface area contributed by atoms with Gasteiger partial charge in [-0.05, 0) is 37.3 Å². The third-order valence-electron chi connectivity index (χ3n) is 3.37. The maximum atomic E-state index is 12.8. The second-order valence-corrected chi connectivity index (χ2v) is 4.99. The summed E-state index contributed by atoms with van der Waals surface area (Å²) in [6.07, 6.45) is -2.71. The molecule has 0 bridgehead atoms. The normalized spacial score (nSPS) is 16.8. The van der Waals surface area contributed by atoms with Gasteiger partial charge in [-0.25, -0.2) is 0 Å². The van der Waals surface area contributed by atoms with Crippen molar-refractivity contribution in [3.05, 3.63) is 35.4 Å². The molecule has 1 atom stereocenters. The Hall–Kier alpha value is -1.56. The first-order valence-corrected chi connectivity index (χ1v) is 6.52. The van der Waals surface area contributed by atoms with Gasteiger partial charge in [0.25, 0.3) is 5.91 Å².